The van der Waals surface area contributed by atoms with Crippen LogP contribution >= 0.6 is 22.9 Å². The molecule has 0 bridgehead atoms. The predicted octanol–water partition coefficient (Wildman–Crippen LogP) is 5.00. The maximum absolute atomic E-state index is 12.6. The minimum absolute atomic E-state index is 0.0365. The molecule has 0 radical (unpaired) electrons. The molecule has 3 aromatic rings. The molecule has 25 heavy (non-hydrogen) atoms. The van der Waals surface area contributed by atoms with Crippen LogP contribution in [0.4, 0.5) is 5.13 Å². The number of carbonyl (C=O) groups excluding carboxylic acids is 1. The summed E-state index contributed by atoms with van der Waals surface area (Å²) < 4.78 is 6.76. The van der Waals surface area contributed by atoms with Crippen molar-refractivity contribution in [2.45, 2.75) is 20.8 Å². The zero-order chi connectivity index (χ0) is 18.0. The number of anilines is 1. The third kappa shape index (κ3) is 3.78. The fraction of sp³-hybridized carbons (Fsp3) is 0.263. The quantitative estimate of drug-likeness (QED) is 0.631. The molecular formula is C19H19ClN2O2S. The largest absolute Gasteiger partial charge is 0.483 e. The fourth-order valence-corrected chi connectivity index (χ4v) is 3.95. The van der Waals surface area contributed by atoms with Gasteiger partial charge in [0.15, 0.2) is 11.7 Å². The third-order valence-corrected chi connectivity index (χ3v) is 5.22. The summed E-state index contributed by atoms with van der Waals surface area (Å²) in [7, 11) is 0. The second-order valence-corrected chi connectivity index (χ2v) is 7.20. The SMILES string of the molecule is CCN(C(=O)COc1ccc(Cl)cc1C)c1nc2c(C)cccc2s1. The summed E-state index contributed by atoms with van der Waals surface area (Å²) >= 11 is 7.47. The Morgan fingerprint density at radius 3 is 2.72 bits per heavy atom. The first-order valence-electron chi connectivity index (χ1n) is 8.05. The molecule has 130 valence electrons. The van der Waals surface area contributed by atoms with Crippen LogP contribution in [0.2, 0.25) is 5.02 Å². The molecule has 1 amide bonds. The van der Waals surface area contributed by atoms with Crippen LogP contribution in [-0.4, -0.2) is 24.0 Å². The van der Waals surface area contributed by atoms with Gasteiger partial charge in [-0.1, -0.05) is 35.1 Å². The van der Waals surface area contributed by atoms with E-state index in [-0.39, 0.29) is 12.5 Å². The number of para-hydroxylation sites is 1. The number of amides is 1. The van der Waals surface area contributed by atoms with Crippen LogP contribution in [0.5, 0.6) is 5.75 Å². The summed E-state index contributed by atoms with van der Waals surface area (Å²) in [6, 6.07) is 11.4. The summed E-state index contributed by atoms with van der Waals surface area (Å²) in [5.74, 6) is 0.544. The number of thiazole rings is 1. The van der Waals surface area contributed by atoms with Crippen molar-refractivity contribution in [2.75, 3.05) is 18.1 Å². The van der Waals surface area contributed by atoms with Crippen LogP contribution in [0.15, 0.2) is 36.4 Å². The van der Waals surface area contributed by atoms with E-state index in [2.05, 4.69) is 4.98 Å². The lowest BCUT2D eigenvalue weighted by molar-refractivity contribution is -0.120. The number of hydrogen-bond acceptors (Lipinski definition) is 4. The lowest BCUT2D eigenvalue weighted by Crippen LogP contribution is -2.34. The molecular weight excluding hydrogens is 356 g/mol. The molecule has 4 nitrogen and oxygen atoms in total. The summed E-state index contributed by atoms with van der Waals surface area (Å²) in [6.45, 7) is 6.37. The summed E-state index contributed by atoms with van der Waals surface area (Å²) in [5, 5.41) is 1.35. The normalized spacial score (nSPS) is 10.9. The van der Waals surface area contributed by atoms with E-state index >= 15 is 0 Å². The monoisotopic (exact) mass is 374 g/mol. The molecule has 0 saturated heterocycles. The van der Waals surface area contributed by atoms with E-state index in [0.717, 1.165) is 21.3 Å². The molecule has 0 fully saturated rings. The van der Waals surface area contributed by atoms with E-state index in [1.807, 2.05) is 45.0 Å². The van der Waals surface area contributed by atoms with Crippen LogP contribution in [0.25, 0.3) is 10.2 Å². The van der Waals surface area contributed by atoms with E-state index in [1.54, 1.807) is 17.0 Å². The van der Waals surface area contributed by atoms with Gasteiger partial charge in [0.25, 0.3) is 5.91 Å². The third-order valence-electron chi connectivity index (χ3n) is 3.95. The lowest BCUT2D eigenvalue weighted by atomic mass is 10.2. The van der Waals surface area contributed by atoms with Gasteiger partial charge in [-0.25, -0.2) is 4.98 Å². The van der Waals surface area contributed by atoms with Gasteiger partial charge in [-0.3, -0.25) is 9.69 Å². The minimum atomic E-state index is -0.117. The van der Waals surface area contributed by atoms with Crippen LogP contribution in [0.3, 0.4) is 0 Å². The highest BCUT2D eigenvalue weighted by Gasteiger charge is 2.19. The number of aromatic nitrogens is 1. The molecule has 3 rings (SSSR count). The fourth-order valence-electron chi connectivity index (χ4n) is 2.60. The number of hydrogen-bond donors (Lipinski definition) is 0. The van der Waals surface area contributed by atoms with Gasteiger partial charge >= 0.3 is 0 Å². The van der Waals surface area contributed by atoms with E-state index in [1.165, 1.54) is 11.3 Å². The molecule has 0 unspecified atom stereocenters. The van der Waals surface area contributed by atoms with Crippen LogP contribution in [0, 0.1) is 13.8 Å². The van der Waals surface area contributed by atoms with E-state index in [4.69, 9.17) is 16.3 Å². The maximum atomic E-state index is 12.6. The van der Waals surface area contributed by atoms with E-state index < -0.39 is 0 Å². The summed E-state index contributed by atoms with van der Waals surface area (Å²) in [5.41, 5.74) is 2.96. The number of carbonyl (C=O) groups is 1. The number of benzene rings is 2. The Kier molecular flexibility index (Phi) is 5.25. The Morgan fingerprint density at radius 2 is 2.04 bits per heavy atom. The number of aryl methyl sites for hydroxylation is 2. The topological polar surface area (TPSA) is 42.4 Å². The van der Waals surface area contributed by atoms with Gasteiger partial charge in [0.1, 0.15) is 5.75 Å². The molecule has 0 aliphatic rings. The highest BCUT2D eigenvalue weighted by atomic mass is 35.5. The molecule has 0 N–H and O–H groups in total. The molecule has 0 spiro atoms. The van der Waals surface area contributed by atoms with Gasteiger partial charge in [0.2, 0.25) is 0 Å². The molecule has 0 saturated carbocycles. The number of rotatable bonds is 5. The summed E-state index contributed by atoms with van der Waals surface area (Å²) in [4.78, 5) is 18.9. The van der Waals surface area contributed by atoms with Crippen molar-refractivity contribution < 1.29 is 9.53 Å². The van der Waals surface area contributed by atoms with E-state index in [9.17, 15) is 4.79 Å². The second kappa shape index (κ2) is 7.42. The summed E-state index contributed by atoms with van der Waals surface area (Å²) in [6.07, 6.45) is 0. The number of fused-ring (bicyclic) bond motifs is 1. The van der Waals surface area contributed by atoms with Crippen LogP contribution < -0.4 is 9.64 Å². The van der Waals surface area contributed by atoms with Crippen molar-refractivity contribution >= 4 is 44.2 Å². The van der Waals surface area contributed by atoms with Gasteiger partial charge in [-0.15, -0.1) is 0 Å². The number of likely N-dealkylation sites (N-methyl/N-ethyl adjacent to an activating group) is 1. The minimum Gasteiger partial charge on any atom is -0.483 e. The standard InChI is InChI=1S/C19H19ClN2O2S/c1-4-22(19-21-18-12(2)6-5-7-16(18)25-19)17(23)11-24-15-9-8-14(20)10-13(15)3/h5-10H,4,11H2,1-3H3. The Balaban J connectivity index is 1.77. The average Bonchev–Trinajstić information content (AvgIpc) is 3.00. The maximum Gasteiger partial charge on any atom is 0.266 e. The highest BCUT2D eigenvalue weighted by Crippen LogP contribution is 2.30. The Morgan fingerprint density at radius 1 is 1.24 bits per heavy atom. The van der Waals surface area contributed by atoms with Crippen molar-refractivity contribution in [3.05, 3.63) is 52.5 Å². The lowest BCUT2D eigenvalue weighted by Gasteiger charge is -2.18. The Hall–Kier alpha value is -2.11. The zero-order valence-corrected chi connectivity index (χ0v) is 15.9. The predicted molar refractivity (Wildman–Crippen MR) is 104 cm³/mol. The zero-order valence-electron chi connectivity index (χ0n) is 14.4. The van der Waals surface area contributed by atoms with Crippen molar-refractivity contribution in [1.82, 2.24) is 4.98 Å². The number of ether oxygens (including phenoxy) is 1. The number of nitrogens with zero attached hydrogens (tertiary/aromatic N) is 2. The van der Waals surface area contributed by atoms with Gasteiger partial charge in [-0.2, -0.15) is 0 Å². The van der Waals surface area contributed by atoms with Crippen molar-refractivity contribution in [3.8, 4) is 5.75 Å². The molecule has 0 aliphatic carbocycles. The molecule has 1 heterocycles. The van der Waals surface area contributed by atoms with Gasteiger partial charge in [0, 0.05) is 11.6 Å². The van der Waals surface area contributed by atoms with Gasteiger partial charge < -0.3 is 4.74 Å². The Labute approximate surface area is 156 Å². The van der Waals surface area contributed by atoms with Gasteiger partial charge in [0.05, 0.1) is 10.2 Å². The molecule has 1 aromatic heterocycles. The van der Waals surface area contributed by atoms with Crippen LogP contribution in [0.1, 0.15) is 18.1 Å². The first kappa shape index (κ1) is 17.7. The molecule has 6 heteroatoms. The van der Waals surface area contributed by atoms with E-state index in [0.29, 0.717) is 22.4 Å². The Bertz CT molecular complexity index is 923. The highest BCUT2D eigenvalue weighted by molar-refractivity contribution is 7.22. The van der Waals surface area contributed by atoms with Crippen molar-refractivity contribution in [2.24, 2.45) is 0 Å². The average molecular weight is 375 g/mol. The smallest absolute Gasteiger partial charge is 0.266 e. The van der Waals surface area contributed by atoms with Gasteiger partial charge in [-0.05, 0) is 56.2 Å². The molecule has 2 aromatic carbocycles. The first-order valence-corrected chi connectivity index (χ1v) is 9.24. The molecule has 0 aliphatic heterocycles. The molecule has 0 atom stereocenters. The van der Waals surface area contributed by atoms with Crippen molar-refractivity contribution in [1.29, 1.82) is 0 Å². The van der Waals surface area contributed by atoms with Crippen LogP contribution in [-0.2, 0) is 4.79 Å². The second-order valence-electron chi connectivity index (χ2n) is 5.75. The van der Waals surface area contributed by atoms with Crippen molar-refractivity contribution in [3.63, 3.8) is 0 Å². The number of halogens is 1. The first-order chi connectivity index (χ1) is 12.0.